The Kier molecular flexibility index (Phi) is 4.60. The third kappa shape index (κ3) is 3.09. The first-order chi connectivity index (χ1) is 9.76. The summed E-state index contributed by atoms with van der Waals surface area (Å²) in [6.07, 6.45) is -0.399. The summed E-state index contributed by atoms with van der Waals surface area (Å²) < 4.78 is 10.3. The van der Waals surface area contributed by atoms with Gasteiger partial charge in [0.15, 0.2) is 0 Å². The van der Waals surface area contributed by atoms with Crippen LogP contribution in [0.1, 0.15) is 6.92 Å². The summed E-state index contributed by atoms with van der Waals surface area (Å²) >= 11 is 0. The molecule has 0 aliphatic heterocycles. The molecular formula is C16H17NO3. The Morgan fingerprint density at radius 3 is 2.15 bits per heavy atom. The van der Waals surface area contributed by atoms with E-state index in [-0.39, 0.29) is 0 Å². The summed E-state index contributed by atoms with van der Waals surface area (Å²) in [6, 6.07) is 16.7. The van der Waals surface area contributed by atoms with E-state index in [4.69, 9.17) is 9.47 Å². The van der Waals surface area contributed by atoms with Crippen LogP contribution in [-0.4, -0.2) is 19.8 Å². The molecule has 2 aromatic carbocycles. The molecule has 2 rings (SSSR count). The molecule has 0 unspecified atom stereocenters. The van der Waals surface area contributed by atoms with Crippen molar-refractivity contribution >= 4 is 17.5 Å². The van der Waals surface area contributed by atoms with Crippen LogP contribution < -0.4 is 9.64 Å². The molecule has 4 nitrogen and oxygen atoms in total. The number of ether oxygens (including phenoxy) is 2. The van der Waals surface area contributed by atoms with Crippen LogP contribution in [0.15, 0.2) is 54.6 Å². The van der Waals surface area contributed by atoms with Crippen LogP contribution in [0, 0.1) is 0 Å². The van der Waals surface area contributed by atoms with Crippen molar-refractivity contribution in [1.29, 1.82) is 0 Å². The van der Waals surface area contributed by atoms with Crippen LogP contribution >= 0.6 is 0 Å². The topological polar surface area (TPSA) is 38.8 Å². The fourth-order valence-electron chi connectivity index (χ4n) is 1.86. The van der Waals surface area contributed by atoms with E-state index >= 15 is 0 Å². The molecular weight excluding hydrogens is 254 g/mol. The van der Waals surface area contributed by atoms with Gasteiger partial charge in [-0.1, -0.05) is 18.2 Å². The zero-order valence-electron chi connectivity index (χ0n) is 11.6. The molecule has 0 heterocycles. The molecule has 0 aromatic heterocycles. The van der Waals surface area contributed by atoms with E-state index in [1.807, 2.05) is 54.6 Å². The van der Waals surface area contributed by atoms with Crippen molar-refractivity contribution in [2.75, 3.05) is 18.6 Å². The van der Waals surface area contributed by atoms with E-state index in [1.54, 1.807) is 14.0 Å². The lowest BCUT2D eigenvalue weighted by Crippen LogP contribution is -2.26. The van der Waals surface area contributed by atoms with Crippen LogP contribution in [0.3, 0.4) is 0 Å². The Hall–Kier alpha value is -2.49. The molecule has 104 valence electrons. The molecule has 20 heavy (non-hydrogen) atoms. The van der Waals surface area contributed by atoms with Gasteiger partial charge in [0.2, 0.25) is 0 Å². The Morgan fingerprint density at radius 1 is 1.00 bits per heavy atom. The van der Waals surface area contributed by atoms with Crippen molar-refractivity contribution in [3.63, 3.8) is 0 Å². The number of carbonyl (C=O) groups is 1. The molecule has 0 aliphatic rings. The first-order valence-electron chi connectivity index (χ1n) is 6.42. The molecule has 2 aromatic rings. The van der Waals surface area contributed by atoms with Gasteiger partial charge in [-0.25, -0.2) is 9.69 Å². The Morgan fingerprint density at radius 2 is 1.60 bits per heavy atom. The second-order valence-corrected chi connectivity index (χ2v) is 4.07. The third-order valence-electron chi connectivity index (χ3n) is 2.80. The zero-order chi connectivity index (χ0) is 14.4. The minimum atomic E-state index is -0.399. The van der Waals surface area contributed by atoms with Gasteiger partial charge in [0, 0.05) is 0 Å². The van der Waals surface area contributed by atoms with Gasteiger partial charge >= 0.3 is 6.09 Å². The Bertz CT molecular complexity index is 552. The SMILES string of the molecule is CCOC(=O)N(c1ccccc1)c1ccc(OC)cc1. The molecule has 0 fully saturated rings. The van der Waals surface area contributed by atoms with E-state index in [9.17, 15) is 4.79 Å². The monoisotopic (exact) mass is 271 g/mol. The van der Waals surface area contributed by atoms with Crippen molar-refractivity contribution in [2.24, 2.45) is 0 Å². The van der Waals surface area contributed by atoms with Crippen LogP contribution in [-0.2, 0) is 4.74 Å². The number of carbonyl (C=O) groups excluding carboxylic acids is 1. The van der Waals surface area contributed by atoms with E-state index in [2.05, 4.69) is 0 Å². The summed E-state index contributed by atoms with van der Waals surface area (Å²) in [5.74, 6) is 0.741. The van der Waals surface area contributed by atoms with Crippen LogP contribution in [0.2, 0.25) is 0 Å². The number of anilines is 2. The number of hydrogen-bond acceptors (Lipinski definition) is 3. The molecule has 0 atom stereocenters. The zero-order valence-corrected chi connectivity index (χ0v) is 11.6. The van der Waals surface area contributed by atoms with Gasteiger partial charge in [-0.05, 0) is 43.3 Å². The van der Waals surface area contributed by atoms with E-state index in [0.717, 1.165) is 17.1 Å². The number of benzene rings is 2. The number of hydrogen-bond donors (Lipinski definition) is 0. The highest BCUT2D eigenvalue weighted by molar-refractivity contribution is 5.95. The largest absolute Gasteiger partial charge is 0.497 e. The van der Waals surface area contributed by atoms with Crippen LogP contribution in [0.25, 0.3) is 0 Å². The molecule has 0 bridgehead atoms. The summed E-state index contributed by atoms with van der Waals surface area (Å²) in [6.45, 7) is 2.12. The van der Waals surface area contributed by atoms with Crippen molar-refractivity contribution in [1.82, 2.24) is 0 Å². The third-order valence-corrected chi connectivity index (χ3v) is 2.80. The molecule has 4 heteroatoms. The van der Waals surface area contributed by atoms with Gasteiger partial charge in [0.1, 0.15) is 5.75 Å². The average Bonchev–Trinajstić information content (AvgIpc) is 2.50. The van der Waals surface area contributed by atoms with E-state index in [1.165, 1.54) is 4.90 Å². The molecule has 0 aliphatic carbocycles. The number of nitrogens with zero attached hydrogens (tertiary/aromatic N) is 1. The normalized spacial score (nSPS) is 9.90. The fraction of sp³-hybridized carbons (Fsp3) is 0.188. The lowest BCUT2D eigenvalue weighted by molar-refractivity contribution is 0.162. The van der Waals surface area contributed by atoms with Crippen molar-refractivity contribution in [3.05, 3.63) is 54.6 Å². The first kappa shape index (κ1) is 13.9. The highest BCUT2D eigenvalue weighted by atomic mass is 16.6. The van der Waals surface area contributed by atoms with Gasteiger partial charge < -0.3 is 9.47 Å². The highest BCUT2D eigenvalue weighted by Gasteiger charge is 2.18. The number of rotatable bonds is 4. The second-order valence-electron chi connectivity index (χ2n) is 4.07. The lowest BCUT2D eigenvalue weighted by atomic mass is 10.2. The molecule has 1 amide bonds. The standard InChI is InChI=1S/C16H17NO3/c1-3-20-16(18)17(13-7-5-4-6-8-13)14-9-11-15(19-2)12-10-14/h4-12H,3H2,1-2H3. The molecule has 0 saturated carbocycles. The number of amides is 1. The molecule has 0 spiro atoms. The number of methoxy groups -OCH3 is 1. The van der Waals surface area contributed by atoms with E-state index < -0.39 is 6.09 Å². The quantitative estimate of drug-likeness (QED) is 0.844. The maximum atomic E-state index is 12.2. The van der Waals surface area contributed by atoms with Gasteiger partial charge in [0.05, 0.1) is 25.1 Å². The smallest absolute Gasteiger partial charge is 0.418 e. The van der Waals surface area contributed by atoms with Crippen molar-refractivity contribution in [3.8, 4) is 5.75 Å². The molecule has 0 saturated heterocycles. The van der Waals surface area contributed by atoms with Crippen molar-refractivity contribution < 1.29 is 14.3 Å². The van der Waals surface area contributed by atoms with Crippen LogP contribution in [0.4, 0.5) is 16.2 Å². The summed E-state index contributed by atoms with van der Waals surface area (Å²) in [5, 5.41) is 0. The second kappa shape index (κ2) is 6.61. The minimum Gasteiger partial charge on any atom is -0.497 e. The Labute approximate surface area is 118 Å². The lowest BCUT2D eigenvalue weighted by Gasteiger charge is -2.22. The van der Waals surface area contributed by atoms with Crippen LogP contribution in [0.5, 0.6) is 5.75 Å². The van der Waals surface area contributed by atoms with Gasteiger partial charge in [-0.15, -0.1) is 0 Å². The van der Waals surface area contributed by atoms with E-state index in [0.29, 0.717) is 6.61 Å². The maximum absolute atomic E-state index is 12.2. The fourth-order valence-corrected chi connectivity index (χ4v) is 1.86. The predicted molar refractivity (Wildman–Crippen MR) is 78.6 cm³/mol. The number of para-hydroxylation sites is 1. The summed E-state index contributed by atoms with van der Waals surface area (Å²) in [5.41, 5.74) is 1.49. The molecule has 0 radical (unpaired) electrons. The average molecular weight is 271 g/mol. The highest BCUT2D eigenvalue weighted by Crippen LogP contribution is 2.27. The minimum absolute atomic E-state index is 0.332. The van der Waals surface area contributed by atoms with Gasteiger partial charge in [-0.2, -0.15) is 0 Å². The van der Waals surface area contributed by atoms with Crippen molar-refractivity contribution in [2.45, 2.75) is 6.92 Å². The molecule has 0 N–H and O–H groups in total. The summed E-state index contributed by atoms with van der Waals surface area (Å²) in [7, 11) is 1.61. The maximum Gasteiger partial charge on any atom is 0.418 e. The van der Waals surface area contributed by atoms with Gasteiger partial charge in [0.25, 0.3) is 0 Å². The predicted octanol–water partition coefficient (Wildman–Crippen LogP) is 3.99. The Balaban J connectivity index is 2.37. The first-order valence-corrected chi connectivity index (χ1v) is 6.42. The summed E-state index contributed by atoms with van der Waals surface area (Å²) in [4.78, 5) is 13.7. The van der Waals surface area contributed by atoms with Gasteiger partial charge in [-0.3, -0.25) is 0 Å².